The van der Waals surface area contributed by atoms with Gasteiger partial charge in [0, 0.05) is 5.56 Å². The quantitative estimate of drug-likeness (QED) is 0.650. The molecule has 0 aliphatic rings. The molecule has 8 heteroatoms. The van der Waals surface area contributed by atoms with Crippen LogP contribution in [0.1, 0.15) is 16.6 Å². The van der Waals surface area contributed by atoms with Crippen molar-refractivity contribution in [2.45, 2.75) is 11.8 Å². The van der Waals surface area contributed by atoms with Gasteiger partial charge in [0.05, 0.1) is 17.2 Å². The number of nitrogens with one attached hydrogen (secondary N) is 1. The summed E-state index contributed by atoms with van der Waals surface area (Å²) in [5.74, 6) is -0.533. The van der Waals surface area contributed by atoms with E-state index in [1.54, 1.807) is 37.3 Å². The van der Waals surface area contributed by atoms with Gasteiger partial charge in [-0.2, -0.15) is 0 Å². The van der Waals surface area contributed by atoms with Gasteiger partial charge in [-0.05, 0) is 19.1 Å². The standard InChI is InChI=1S/C18H16N2O4S2/c1-2-24-17(21)16-15(13-9-5-3-6-10-13)19-18(25-16)20-26(22,23)14-11-7-4-8-12-14/h3-12H,2H2,1H3,(H,19,20). The molecular weight excluding hydrogens is 372 g/mol. The van der Waals surface area contributed by atoms with E-state index in [-0.39, 0.29) is 21.5 Å². The average Bonchev–Trinajstić information content (AvgIpc) is 3.07. The normalized spacial score (nSPS) is 11.1. The largest absolute Gasteiger partial charge is 0.462 e. The van der Waals surface area contributed by atoms with Crippen LogP contribution in [0.25, 0.3) is 11.3 Å². The van der Waals surface area contributed by atoms with E-state index < -0.39 is 16.0 Å². The first-order chi connectivity index (χ1) is 12.5. The summed E-state index contributed by atoms with van der Waals surface area (Å²) in [6.45, 7) is 1.93. The third kappa shape index (κ3) is 3.92. The number of hydrogen-bond acceptors (Lipinski definition) is 6. The van der Waals surface area contributed by atoms with Gasteiger partial charge in [-0.3, -0.25) is 4.72 Å². The fourth-order valence-corrected chi connectivity index (χ4v) is 4.40. The predicted octanol–water partition coefficient (Wildman–Crippen LogP) is 3.79. The van der Waals surface area contributed by atoms with Gasteiger partial charge < -0.3 is 4.74 Å². The van der Waals surface area contributed by atoms with Crippen LogP contribution < -0.4 is 4.72 Å². The number of nitrogens with zero attached hydrogens (tertiary/aromatic N) is 1. The minimum atomic E-state index is -3.79. The van der Waals surface area contributed by atoms with Crippen LogP contribution in [0.5, 0.6) is 0 Å². The molecule has 0 fully saturated rings. The van der Waals surface area contributed by atoms with E-state index in [2.05, 4.69) is 9.71 Å². The molecule has 0 saturated heterocycles. The molecule has 0 aliphatic heterocycles. The number of thiazole rings is 1. The van der Waals surface area contributed by atoms with Crippen molar-refractivity contribution < 1.29 is 17.9 Å². The SMILES string of the molecule is CCOC(=O)c1sc(NS(=O)(=O)c2ccccc2)nc1-c1ccccc1. The molecule has 0 spiro atoms. The number of hydrogen-bond donors (Lipinski definition) is 1. The highest BCUT2D eigenvalue weighted by Gasteiger charge is 2.23. The first-order valence-electron chi connectivity index (χ1n) is 7.82. The lowest BCUT2D eigenvalue weighted by Gasteiger charge is -2.04. The molecular formula is C18H16N2O4S2. The van der Waals surface area contributed by atoms with Crippen molar-refractivity contribution in [1.29, 1.82) is 0 Å². The molecule has 1 heterocycles. The summed E-state index contributed by atoms with van der Waals surface area (Å²) < 4.78 is 32.5. The first-order valence-corrected chi connectivity index (χ1v) is 10.1. The van der Waals surface area contributed by atoms with Crippen LogP contribution >= 0.6 is 11.3 Å². The van der Waals surface area contributed by atoms with Crippen molar-refractivity contribution in [2.75, 3.05) is 11.3 Å². The maximum atomic E-state index is 12.5. The van der Waals surface area contributed by atoms with E-state index in [0.717, 1.165) is 11.3 Å². The number of carbonyl (C=O) groups is 1. The Bertz CT molecular complexity index is 1000. The number of rotatable bonds is 6. The monoisotopic (exact) mass is 388 g/mol. The van der Waals surface area contributed by atoms with E-state index in [1.165, 1.54) is 12.1 Å². The van der Waals surface area contributed by atoms with Gasteiger partial charge in [-0.25, -0.2) is 18.2 Å². The van der Waals surface area contributed by atoms with Crippen LogP contribution in [0.2, 0.25) is 0 Å². The van der Waals surface area contributed by atoms with Crippen molar-refractivity contribution in [1.82, 2.24) is 4.98 Å². The van der Waals surface area contributed by atoms with Gasteiger partial charge >= 0.3 is 5.97 Å². The summed E-state index contributed by atoms with van der Waals surface area (Å²) in [5.41, 5.74) is 1.09. The second-order valence-electron chi connectivity index (χ2n) is 5.20. The lowest BCUT2D eigenvalue weighted by Crippen LogP contribution is -2.12. The van der Waals surface area contributed by atoms with E-state index in [9.17, 15) is 13.2 Å². The number of aromatic nitrogens is 1. The number of esters is 1. The summed E-state index contributed by atoms with van der Waals surface area (Å²) in [5, 5.41) is 0.107. The molecule has 0 aliphatic carbocycles. The number of benzene rings is 2. The zero-order valence-electron chi connectivity index (χ0n) is 13.9. The van der Waals surface area contributed by atoms with Crippen LogP contribution in [0, 0.1) is 0 Å². The molecule has 3 rings (SSSR count). The Morgan fingerprint density at radius 3 is 2.31 bits per heavy atom. The Balaban J connectivity index is 2.00. The highest BCUT2D eigenvalue weighted by molar-refractivity contribution is 7.93. The van der Waals surface area contributed by atoms with Crippen LogP contribution in [-0.4, -0.2) is 26.0 Å². The average molecular weight is 388 g/mol. The summed E-state index contributed by atoms with van der Waals surface area (Å²) in [6.07, 6.45) is 0. The van der Waals surface area contributed by atoms with E-state index in [1.807, 2.05) is 18.2 Å². The molecule has 134 valence electrons. The Hall–Kier alpha value is -2.71. The van der Waals surface area contributed by atoms with Gasteiger partial charge in [0.1, 0.15) is 4.88 Å². The highest BCUT2D eigenvalue weighted by Crippen LogP contribution is 2.32. The molecule has 0 unspecified atom stereocenters. The van der Waals surface area contributed by atoms with Crippen LogP contribution in [0.3, 0.4) is 0 Å². The lowest BCUT2D eigenvalue weighted by molar-refractivity contribution is 0.0532. The third-order valence-corrected chi connectivity index (χ3v) is 5.85. The van der Waals surface area contributed by atoms with Gasteiger partial charge in [-0.1, -0.05) is 59.9 Å². The van der Waals surface area contributed by atoms with Crippen molar-refractivity contribution in [3.8, 4) is 11.3 Å². The molecule has 0 radical (unpaired) electrons. The summed E-state index contributed by atoms with van der Waals surface area (Å²) in [6, 6.07) is 17.1. The second-order valence-corrected chi connectivity index (χ2v) is 7.88. The molecule has 0 saturated carbocycles. The fourth-order valence-electron chi connectivity index (χ4n) is 2.26. The van der Waals surface area contributed by atoms with Crippen molar-refractivity contribution >= 4 is 32.5 Å². The number of carbonyl (C=O) groups excluding carboxylic acids is 1. The number of sulfonamides is 1. The van der Waals surface area contributed by atoms with Crippen molar-refractivity contribution in [3.63, 3.8) is 0 Å². The molecule has 2 aromatic carbocycles. The maximum absolute atomic E-state index is 12.5. The topological polar surface area (TPSA) is 85.4 Å². The second kappa shape index (κ2) is 7.67. The Kier molecular flexibility index (Phi) is 5.34. The smallest absolute Gasteiger partial charge is 0.350 e. The summed E-state index contributed by atoms with van der Waals surface area (Å²) >= 11 is 0.948. The molecule has 1 aromatic heterocycles. The molecule has 6 nitrogen and oxygen atoms in total. The zero-order valence-corrected chi connectivity index (χ0v) is 15.5. The maximum Gasteiger partial charge on any atom is 0.350 e. The lowest BCUT2D eigenvalue weighted by atomic mass is 10.1. The van der Waals surface area contributed by atoms with Gasteiger partial charge in [-0.15, -0.1) is 0 Å². The van der Waals surface area contributed by atoms with Gasteiger partial charge in [0.15, 0.2) is 5.13 Å². The number of anilines is 1. The van der Waals surface area contributed by atoms with Gasteiger partial charge in [0.2, 0.25) is 0 Å². The molecule has 1 N–H and O–H groups in total. The predicted molar refractivity (Wildman–Crippen MR) is 101 cm³/mol. The minimum Gasteiger partial charge on any atom is -0.462 e. The van der Waals surface area contributed by atoms with E-state index in [4.69, 9.17) is 4.74 Å². The van der Waals surface area contributed by atoms with E-state index >= 15 is 0 Å². The number of ether oxygens (including phenoxy) is 1. The Labute approximate surface area is 155 Å². The molecule has 0 amide bonds. The summed E-state index contributed by atoms with van der Waals surface area (Å²) in [4.78, 5) is 17.0. The highest BCUT2D eigenvalue weighted by atomic mass is 32.2. The van der Waals surface area contributed by atoms with Crippen LogP contribution in [0.15, 0.2) is 65.6 Å². The molecule has 0 bridgehead atoms. The molecule has 3 aromatic rings. The van der Waals surface area contributed by atoms with E-state index in [0.29, 0.717) is 11.3 Å². The van der Waals surface area contributed by atoms with Crippen LogP contribution in [0.4, 0.5) is 5.13 Å². The Morgan fingerprint density at radius 1 is 1.08 bits per heavy atom. The van der Waals surface area contributed by atoms with Gasteiger partial charge in [0.25, 0.3) is 10.0 Å². The molecule has 0 atom stereocenters. The van der Waals surface area contributed by atoms with Crippen molar-refractivity contribution in [2.24, 2.45) is 0 Å². The third-order valence-electron chi connectivity index (χ3n) is 3.41. The fraction of sp³-hybridized carbons (Fsp3) is 0.111. The summed E-state index contributed by atoms with van der Waals surface area (Å²) in [7, 11) is -3.79. The minimum absolute atomic E-state index is 0.107. The van der Waals surface area contributed by atoms with Crippen LogP contribution in [-0.2, 0) is 14.8 Å². The van der Waals surface area contributed by atoms with Crippen molar-refractivity contribution in [3.05, 3.63) is 65.5 Å². The zero-order chi connectivity index (χ0) is 18.6. The first kappa shape index (κ1) is 18.1. The molecule has 26 heavy (non-hydrogen) atoms. The Morgan fingerprint density at radius 2 is 1.69 bits per heavy atom.